The lowest BCUT2D eigenvalue weighted by atomic mass is 9.99. The van der Waals surface area contributed by atoms with Gasteiger partial charge in [0, 0.05) is 18.7 Å². The Morgan fingerprint density at radius 2 is 1.88 bits per heavy atom. The summed E-state index contributed by atoms with van der Waals surface area (Å²) in [7, 11) is 0. The molecule has 2 aromatic rings. The van der Waals surface area contributed by atoms with E-state index in [4.69, 9.17) is 17.0 Å². The van der Waals surface area contributed by atoms with Crippen LogP contribution >= 0.6 is 28.1 Å². The summed E-state index contributed by atoms with van der Waals surface area (Å²) in [6.07, 6.45) is 2.39. The molecule has 1 saturated heterocycles. The molecule has 0 amide bonds. The molecule has 0 aromatic heterocycles. The number of rotatable bonds is 4. The summed E-state index contributed by atoms with van der Waals surface area (Å²) in [5, 5.41) is 0. The van der Waals surface area contributed by atoms with Gasteiger partial charge in [-0.3, -0.25) is 0 Å². The molecule has 0 radical (unpaired) electrons. The number of halogens is 2. The maximum absolute atomic E-state index is 12.9. The van der Waals surface area contributed by atoms with Gasteiger partial charge in [0.2, 0.25) is 0 Å². The molecular weight excluding hydrogens is 401 g/mol. The third kappa shape index (κ3) is 4.79. The van der Waals surface area contributed by atoms with Crippen LogP contribution in [-0.2, 0) is 6.61 Å². The number of benzene rings is 2. The van der Waals surface area contributed by atoms with Crippen molar-refractivity contribution in [3.63, 3.8) is 0 Å². The lowest BCUT2D eigenvalue weighted by Gasteiger charge is -2.32. The highest BCUT2D eigenvalue weighted by Crippen LogP contribution is 2.28. The van der Waals surface area contributed by atoms with Crippen LogP contribution in [0.25, 0.3) is 0 Å². The average molecular weight is 422 g/mol. The smallest absolute Gasteiger partial charge is 0.134 e. The summed E-state index contributed by atoms with van der Waals surface area (Å²) < 4.78 is 19.7. The Kier molecular flexibility index (Phi) is 6.07. The summed E-state index contributed by atoms with van der Waals surface area (Å²) in [6.45, 7) is 4.75. The zero-order chi connectivity index (χ0) is 17.8. The number of ether oxygens (including phenoxy) is 1. The highest BCUT2D eigenvalue weighted by molar-refractivity contribution is 9.10. The van der Waals surface area contributed by atoms with E-state index >= 15 is 0 Å². The highest BCUT2D eigenvalue weighted by Gasteiger charge is 2.19. The Balaban J connectivity index is 1.64. The first-order valence-electron chi connectivity index (χ1n) is 8.49. The summed E-state index contributed by atoms with van der Waals surface area (Å²) >= 11 is 9.24. The van der Waals surface area contributed by atoms with Crippen molar-refractivity contribution in [2.24, 2.45) is 5.92 Å². The molecule has 25 heavy (non-hydrogen) atoms. The van der Waals surface area contributed by atoms with E-state index in [0.717, 1.165) is 45.3 Å². The molecular formula is C20H21BrFNOS. The number of piperidine rings is 1. The molecule has 2 aromatic carbocycles. The normalized spacial score (nSPS) is 15.2. The zero-order valence-corrected chi connectivity index (χ0v) is 16.6. The van der Waals surface area contributed by atoms with Crippen LogP contribution < -0.4 is 4.74 Å². The molecule has 5 heteroatoms. The predicted molar refractivity (Wildman–Crippen MR) is 107 cm³/mol. The van der Waals surface area contributed by atoms with Gasteiger partial charge in [-0.15, -0.1) is 0 Å². The molecule has 1 aliphatic rings. The van der Waals surface area contributed by atoms with E-state index < -0.39 is 0 Å². The van der Waals surface area contributed by atoms with E-state index in [-0.39, 0.29) is 5.82 Å². The summed E-state index contributed by atoms with van der Waals surface area (Å²) in [5.74, 6) is 1.30. The molecule has 2 nitrogen and oxygen atoms in total. The highest BCUT2D eigenvalue weighted by atomic mass is 79.9. The van der Waals surface area contributed by atoms with Gasteiger partial charge in [-0.05, 0) is 70.6 Å². The van der Waals surface area contributed by atoms with Crippen LogP contribution in [0.4, 0.5) is 4.39 Å². The van der Waals surface area contributed by atoms with E-state index in [2.05, 4.69) is 27.8 Å². The third-order valence-corrected chi connectivity index (χ3v) is 5.67. The molecule has 1 heterocycles. The minimum Gasteiger partial charge on any atom is -0.488 e. The van der Waals surface area contributed by atoms with Crippen LogP contribution in [0.3, 0.4) is 0 Å². The molecule has 0 aliphatic carbocycles. The molecule has 0 unspecified atom stereocenters. The van der Waals surface area contributed by atoms with Crippen LogP contribution in [0.1, 0.15) is 30.9 Å². The van der Waals surface area contributed by atoms with Crippen molar-refractivity contribution in [1.82, 2.24) is 4.90 Å². The molecule has 0 atom stereocenters. The van der Waals surface area contributed by atoms with E-state index in [0.29, 0.717) is 6.61 Å². The van der Waals surface area contributed by atoms with Crippen molar-refractivity contribution in [1.29, 1.82) is 0 Å². The van der Waals surface area contributed by atoms with Crippen molar-refractivity contribution in [2.45, 2.75) is 26.4 Å². The fourth-order valence-electron chi connectivity index (χ4n) is 2.89. The lowest BCUT2D eigenvalue weighted by molar-refractivity contribution is 0.284. The van der Waals surface area contributed by atoms with Gasteiger partial charge in [0.15, 0.2) is 0 Å². The Labute approximate surface area is 162 Å². The van der Waals surface area contributed by atoms with Gasteiger partial charge >= 0.3 is 0 Å². The Bertz CT molecular complexity index is 742. The van der Waals surface area contributed by atoms with Gasteiger partial charge in [0.1, 0.15) is 23.2 Å². The van der Waals surface area contributed by atoms with Gasteiger partial charge < -0.3 is 9.64 Å². The van der Waals surface area contributed by atoms with Crippen molar-refractivity contribution in [2.75, 3.05) is 13.1 Å². The number of thiocarbonyl (C=S) groups is 1. The maximum Gasteiger partial charge on any atom is 0.134 e. The largest absolute Gasteiger partial charge is 0.488 e. The Morgan fingerprint density at radius 3 is 2.52 bits per heavy atom. The summed E-state index contributed by atoms with van der Waals surface area (Å²) in [5.41, 5.74) is 1.96. The van der Waals surface area contributed by atoms with Gasteiger partial charge in [-0.2, -0.15) is 0 Å². The van der Waals surface area contributed by atoms with Crippen LogP contribution in [0.5, 0.6) is 5.75 Å². The fourth-order valence-corrected chi connectivity index (χ4v) is 3.69. The van der Waals surface area contributed by atoms with Crippen LogP contribution in [-0.4, -0.2) is 23.0 Å². The first-order chi connectivity index (χ1) is 12.0. The van der Waals surface area contributed by atoms with Crippen molar-refractivity contribution < 1.29 is 9.13 Å². The van der Waals surface area contributed by atoms with Crippen LogP contribution in [0.2, 0.25) is 0 Å². The van der Waals surface area contributed by atoms with Crippen LogP contribution in [0, 0.1) is 11.7 Å². The number of hydrogen-bond acceptors (Lipinski definition) is 2. The fraction of sp³-hybridized carbons (Fsp3) is 0.350. The molecule has 3 rings (SSSR count). The third-order valence-electron chi connectivity index (χ3n) is 4.56. The number of likely N-dealkylation sites (tertiary alicyclic amines) is 1. The Morgan fingerprint density at radius 1 is 1.20 bits per heavy atom. The SMILES string of the molecule is CC1CCN(C(=S)c2ccc(OCc3ccc(F)cc3)c(Br)c2)CC1. The molecule has 0 bridgehead atoms. The number of nitrogens with zero attached hydrogens (tertiary/aromatic N) is 1. The summed E-state index contributed by atoms with van der Waals surface area (Å²) in [6, 6.07) is 12.3. The zero-order valence-electron chi connectivity index (χ0n) is 14.2. The topological polar surface area (TPSA) is 12.5 Å². The van der Waals surface area contributed by atoms with Crippen LogP contribution in [0.15, 0.2) is 46.9 Å². The molecule has 132 valence electrons. The van der Waals surface area contributed by atoms with Crippen molar-refractivity contribution in [3.05, 3.63) is 63.9 Å². The second-order valence-electron chi connectivity index (χ2n) is 6.54. The monoisotopic (exact) mass is 421 g/mol. The van der Waals surface area contributed by atoms with Crippen molar-refractivity contribution >= 4 is 33.1 Å². The van der Waals surface area contributed by atoms with E-state index in [1.165, 1.54) is 25.0 Å². The standard InChI is InChI=1S/C20H21BrFNOS/c1-14-8-10-23(11-9-14)20(25)16-4-7-19(18(21)12-16)24-13-15-2-5-17(22)6-3-15/h2-7,12,14H,8-11,13H2,1H3. The lowest BCUT2D eigenvalue weighted by Crippen LogP contribution is -2.37. The van der Waals surface area contributed by atoms with Gasteiger partial charge in [0.25, 0.3) is 0 Å². The second kappa shape index (κ2) is 8.28. The average Bonchev–Trinajstić information content (AvgIpc) is 2.62. The van der Waals surface area contributed by atoms with Gasteiger partial charge in [0.05, 0.1) is 4.47 Å². The second-order valence-corrected chi connectivity index (χ2v) is 7.78. The minimum absolute atomic E-state index is 0.241. The maximum atomic E-state index is 12.9. The predicted octanol–water partition coefficient (Wildman–Crippen LogP) is 5.57. The number of hydrogen-bond donors (Lipinski definition) is 0. The summed E-state index contributed by atoms with van der Waals surface area (Å²) in [4.78, 5) is 3.19. The minimum atomic E-state index is -0.241. The first-order valence-corrected chi connectivity index (χ1v) is 9.69. The molecule has 0 spiro atoms. The molecule has 1 aliphatic heterocycles. The van der Waals surface area contributed by atoms with Gasteiger partial charge in [-0.25, -0.2) is 4.39 Å². The van der Waals surface area contributed by atoms with E-state index in [1.807, 2.05) is 18.2 Å². The van der Waals surface area contributed by atoms with Gasteiger partial charge in [-0.1, -0.05) is 31.3 Å². The van der Waals surface area contributed by atoms with Crippen molar-refractivity contribution in [3.8, 4) is 5.75 Å². The molecule has 1 fully saturated rings. The van der Waals surface area contributed by atoms with E-state index in [9.17, 15) is 4.39 Å². The van der Waals surface area contributed by atoms with E-state index in [1.54, 1.807) is 12.1 Å². The molecule has 0 saturated carbocycles. The Hall–Kier alpha value is -1.46. The first kappa shape index (κ1) is 18.3. The molecule has 0 N–H and O–H groups in total. The quantitative estimate of drug-likeness (QED) is 0.598.